The second-order valence-corrected chi connectivity index (χ2v) is 11.3. The van der Waals surface area contributed by atoms with Crippen LogP contribution in [0.3, 0.4) is 0 Å². The summed E-state index contributed by atoms with van der Waals surface area (Å²) in [5.74, 6) is 0.492. The number of azo groups is 1. The van der Waals surface area contributed by atoms with Gasteiger partial charge in [-0.3, -0.25) is 29.3 Å². The van der Waals surface area contributed by atoms with E-state index >= 15 is 0 Å². The molecule has 12 heteroatoms. The molecule has 0 saturated carbocycles. The van der Waals surface area contributed by atoms with Gasteiger partial charge in [0.25, 0.3) is 11.2 Å². The van der Waals surface area contributed by atoms with Crippen molar-refractivity contribution in [3.63, 3.8) is 0 Å². The van der Waals surface area contributed by atoms with Crippen LogP contribution in [0.15, 0.2) is 106 Å². The fraction of sp³-hybridized carbons (Fsp3) is 0.103. The molecule has 1 unspecified atom stereocenters. The lowest BCUT2D eigenvalue weighted by molar-refractivity contribution is -0.384. The zero-order valence-corrected chi connectivity index (χ0v) is 23.0. The molecular weight excluding hydrogens is 558 g/mol. The van der Waals surface area contributed by atoms with Gasteiger partial charge in [0.15, 0.2) is 15.5 Å². The van der Waals surface area contributed by atoms with Gasteiger partial charge in [0.2, 0.25) is 0 Å². The van der Waals surface area contributed by atoms with Gasteiger partial charge < -0.3 is 5.32 Å². The van der Waals surface area contributed by atoms with Crippen molar-refractivity contribution < 1.29 is 4.92 Å². The van der Waals surface area contributed by atoms with Crippen molar-refractivity contribution >= 4 is 52.0 Å². The number of aromatic nitrogens is 3. The number of non-ortho nitro benzene ring substituents is 1. The summed E-state index contributed by atoms with van der Waals surface area (Å²) in [6.07, 6.45) is 1.42. The zero-order chi connectivity index (χ0) is 28.1. The maximum absolute atomic E-state index is 13.2. The topological polar surface area (TPSA) is 123 Å². The first-order valence-electron chi connectivity index (χ1n) is 12.9. The molecule has 41 heavy (non-hydrogen) atoms. The molecule has 202 valence electrons. The first-order valence-corrected chi connectivity index (χ1v) is 14.1. The smallest absolute Gasteiger partial charge is 0.294 e. The molecule has 0 radical (unpaired) electrons. The number of nitrogens with one attached hydrogen (secondary N) is 2. The van der Waals surface area contributed by atoms with Gasteiger partial charge in [-0.2, -0.15) is 5.11 Å². The largest absolute Gasteiger partial charge is 0.342 e. The van der Waals surface area contributed by atoms with Crippen molar-refractivity contribution in [1.29, 1.82) is 0 Å². The fourth-order valence-electron chi connectivity index (χ4n) is 5.43. The van der Waals surface area contributed by atoms with Crippen LogP contribution >= 0.6 is 23.6 Å². The molecule has 0 spiro atoms. The lowest BCUT2D eigenvalue weighted by atomic mass is 9.88. The van der Waals surface area contributed by atoms with Crippen molar-refractivity contribution in [2.45, 2.75) is 18.9 Å². The van der Waals surface area contributed by atoms with E-state index in [1.807, 2.05) is 60.7 Å². The Morgan fingerprint density at radius 3 is 2.37 bits per heavy atom. The fourth-order valence-corrected chi connectivity index (χ4v) is 7.03. The van der Waals surface area contributed by atoms with Gasteiger partial charge in [-0.1, -0.05) is 36.4 Å². The summed E-state index contributed by atoms with van der Waals surface area (Å²) >= 11 is 7.37. The van der Waals surface area contributed by atoms with Crippen LogP contribution in [-0.4, -0.2) is 19.3 Å². The standard InChI is InChI=1S/C29H21N7O3S2/c37-28-24(32-31-18-7-3-1-4-8-18)27-30-21-15-16-22-26(41-29(40)34(22)19-9-5-2-6-10-19)23(21)25(35(27)33-28)17-11-13-20(14-12-17)36(38)39/h1-14,25,30H,15-16H2,(H,33,37). The predicted octanol–water partition coefficient (Wildman–Crippen LogP) is 7.45. The number of benzene rings is 3. The number of nitrogens with zero attached hydrogens (tertiary/aromatic N) is 5. The van der Waals surface area contributed by atoms with E-state index in [1.165, 1.54) is 23.5 Å². The summed E-state index contributed by atoms with van der Waals surface area (Å²) in [6.45, 7) is 0. The molecule has 3 aromatic carbocycles. The molecule has 2 aliphatic rings. The number of aromatic amines is 1. The molecule has 0 saturated heterocycles. The quantitative estimate of drug-likeness (QED) is 0.0969. The summed E-state index contributed by atoms with van der Waals surface area (Å²) in [5.41, 5.74) is 5.17. The van der Waals surface area contributed by atoms with Crippen molar-refractivity contribution in [2.24, 2.45) is 10.2 Å². The number of thiazole rings is 1. The number of nitro groups is 1. The van der Waals surface area contributed by atoms with E-state index in [9.17, 15) is 14.9 Å². The Labute approximate surface area is 242 Å². The third kappa shape index (κ3) is 4.24. The Balaban J connectivity index is 1.42. The summed E-state index contributed by atoms with van der Waals surface area (Å²) < 4.78 is 4.58. The normalized spacial score (nSPS) is 15.8. The van der Waals surface area contributed by atoms with Crippen LogP contribution < -0.4 is 10.9 Å². The molecule has 1 atom stereocenters. The van der Waals surface area contributed by atoms with Gasteiger partial charge in [0, 0.05) is 34.8 Å². The number of anilines is 1. The minimum atomic E-state index is -0.480. The number of allylic oxidation sites excluding steroid dienone is 2. The van der Waals surface area contributed by atoms with Crippen LogP contribution in [0.5, 0.6) is 0 Å². The molecule has 3 heterocycles. The molecule has 7 rings (SSSR count). The molecular formula is C29H21N7O3S2. The van der Waals surface area contributed by atoms with Gasteiger partial charge in [-0.15, -0.1) is 16.5 Å². The number of fused-ring (bicyclic) bond motifs is 3. The van der Waals surface area contributed by atoms with E-state index < -0.39 is 16.5 Å². The van der Waals surface area contributed by atoms with Crippen molar-refractivity contribution in [3.05, 3.63) is 131 Å². The first-order chi connectivity index (χ1) is 20.0. The maximum atomic E-state index is 13.2. The Kier molecular flexibility index (Phi) is 6.06. The lowest BCUT2D eigenvalue weighted by Gasteiger charge is -2.34. The van der Waals surface area contributed by atoms with E-state index in [0.717, 1.165) is 43.5 Å². The van der Waals surface area contributed by atoms with Crippen LogP contribution in [0, 0.1) is 14.1 Å². The van der Waals surface area contributed by atoms with Crippen LogP contribution in [0.25, 0.3) is 11.3 Å². The van der Waals surface area contributed by atoms with Crippen LogP contribution in [0.1, 0.15) is 28.6 Å². The maximum Gasteiger partial charge on any atom is 0.294 e. The molecule has 0 fully saturated rings. The lowest BCUT2D eigenvalue weighted by Crippen LogP contribution is -2.27. The highest BCUT2D eigenvalue weighted by Gasteiger charge is 2.38. The molecule has 1 aliphatic carbocycles. The molecule has 2 N–H and O–H groups in total. The highest BCUT2D eigenvalue weighted by molar-refractivity contribution is 7.73. The second kappa shape index (κ2) is 9.91. The second-order valence-electron chi connectivity index (χ2n) is 9.63. The van der Waals surface area contributed by atoms with E-state index in [1.54, 1.807) is 16.8 Å². The van der Waals surface area contributed by atoms with E-state index in [0.29, 0.717) is 17.9 Å². The summed E-state index contributed by atoms with van der Waals surface area (Å²) in [6, 6.07) is 25.1. The van der Waals surface area contributed by atoms with Crippen molar-refractivity contribution in [2.75, 3.05) is 5.32 Å². The molecule has 0 amide bonds. The van der Waals surface area contributed by atoms with Gasteiger partial charge in [0.1, 0.15) is 6.04 Å². The number of para-hydroxylation sites is 1. The average Bonchev–Trinajstić information content (AvgIpc) is 3.50. The number of nitro benzene ring substituents is 1. The predicted molar refractivity (Wildman–Crippen MR) is 160 cm³/mol. The highest BCUT2D eigenvalue weighted by atomic mass is 32.1. The summed E-state index contributed by atoms with van der Waals surface area (Å²) in [7, 11) is 0. The minimum absolute atomic E-state index is 0.00863. The van der Waals surface area contributed by atoms with Crippen LogP contribution in [0.2, 0.25) is 0 Å². The van der Waals surface area contributed by atoms with Crippen molar-refractivity contribution in [3.8, 4) is 5.69 Å². The zero-order valence-electron chi connectivity index (χ0n) is 21.4. The van der Waals surface area contributed by atoms with E-state index in [4.69, 9.17) is 12.2 Å². The van der Waals surface area contributed by atoms with Crippen molar-refractivity contribution in [1.82, 2.24) is 14.3 Å². The minimum Gasteiger partial charge on any atom is -0.342 e. The monoisotopic (exact) mass is 579 g/mol. The highest BCUT2D eigenvalue weighted by Crippen LogP contribution is 2.49. The van der Waals surface area contributed by atoms with Crippen LogP contribution in [-0.2, 0) is 6.42 Å². The van der Waals surface area contributed by atoms with Gasteiger partial charge >= 0.3 is 0 Å². The van der Waals surface area contributed by atoms with E-state index in [-0.39, 0.29) is 11.4 Å². The van der Waals surface area contributed by atoms with E-state index in [2.05, 4.69) is 25.2 Å². The van der Waals surface area contributed by atoms with Gasteiger partial charge in [-0.25, -0.2) is 0 Å². The Morgan fingerprint density at radius 2 is 1.66 bits per heavy atom. The molecule has 1 aliphatic heterocycles. The average molecular weight is 580 g/mol. The Morgan fingerprint density at radius 1 is 0.951 bits per heavy atom. The third-order valence-electron chi connectivity index (χ3n) is 7.24. The Hall–Kier alpha value is -4.94. The summed E-state index contributed by atoms with van der Waals surface area (Å²) in [5, 5.41) is 26.4. The van der Waals surface area contributed by atoms with Gasteiger partial charge in [0.05, 0.1) is 15.5 Å². The number of hydrogen-bond acceptors (Lipinski definition) is 8. The molecule has 10 nitrogen and oxygen atoms in total. The molecule has 5 aromatic rings. The SMILES string of the molecule is O=c1[nH]n2c(c1N=Nc1ccccc1)NC1=C(c3sc(=S)n(-c4ccccc4)c3CC1)C2c1ccc([N+](=O)[O-])cc1. The third-order valence-corrected chi connectivity index (χ3v) is 8.69. The Bertz CT molecular complexity index is 1990. The van der Waals surface area contributed by atoms with Crippen LogP contribution in [0.4, 0.5) is 22.9 Å². The summed E-state index contributed by atoms with van der Waals surface area (Å²) in [4.78, 5) is 25.2. The number of hydrogen-bond donors (Lipinski definition) is 2. The number of H-pyrrole nitrogens is 1. The molecule has 0 bridgehead atoms. The van der Waals surface area contributed by atoms with Gasteiger partial charge in [-0.05, 0) is 67.0 Å². The molecule has 2 aromatic heterocycles. The first kappa shape index (κ1) is 25.1. The number of rotatable bonds is 5.